The van der Waals surface area contributed by atoms with Crippen molar-refractivity contribution < 1.29 is 22.3 Å². The van der Waals surface area contributed by atoms with Gasteiger partial charge in [-0.05, 0) is 30.0 Å². The Morgan fingerprint density at radius 3 is 2.45 bits per heavy atom. The summed E-state index contributed by atoms with van der Waals surface area (Å²) in [6, 6.07) is 2.90. The fourth-order valence-corrected chi connectivity index (χ4v) is 2.27. The summed E-state index contributed by atoms with van der Waals surface area (Å²) < 4.78 is 40.6. The third-order valence-electron chi connectivity index (χ3n) is 2.51. The first kappa shape index (κ1) is 16.9. The van der Waals surface area contributed by atoms with Crippen molar-refractivity contribution in [2.24, 2.45) is 5.41 Å². The summed E-state index contributed by atoms with van der Waals surface area (Å²) in [7, 11) is 0.841. The summed E-state index contributed by atoms with van der Waals surface area (Å²) >= 11 is 0. The van der Waals surface area contributed by atoms with E-state index in [9.17, 15) is 17.6 Å². The molecule has 4 nitrogen and oxygen atoms in total. The number of rotatable bonds is 4. The van der Waals surface area contributed by atoms with Gasteiger partial charge in [-0.2, -0.15) is 0 Å². The predicted octanol–water partition coefficient (Wildman–Crippen LogP) is 3.35. The summed E-state index contributed by atoms with van der Waals surface area (Å²) in [4.78, 5) is 11.0. The minimum Gasteiger partial charge on any atom is -0.462 e. The highest BCUT2D eigenvalue weighted by molar-refractivity contribution is 8.13. The van der Waals surface area contributed by atoms with Gasteiger partial charge in [-0.15, -0.1) is 0 Å². The third-order valence-corrected chi connectivity index (χ3v) is 3.85. The van der Waals surface area contributed by atoms with Gasteiger partial charge in [-0.3, -0.25) is 0 Å². The Morgan fingerprint density at radius 2 is 1.95 bits per heavy atom. The fourth-order valence-electron chi connectivity index (χ4n) is 1.35. The van der Waals surface area contributed by atoms with Crippen LogP contribution in [-0.2, 0) is 13.8 Å². The van der Waals surface area contributed by atoms with Gasteiger partial charge in [0.15, 0.2) is 0 Å². The van der Waals surface area contributed by atoms with E-state index in [2.05, 4.69) is 0 Å². The predicted molar refractivity (Wildman–Crippen MR) is 73.8 cm³/mol. The summed E-state index contributed by atoms with van der Waals surface area (Å²) in [5.74, 6) is -1.72. The van der Waals surface area contributed by atoms with Crippen LogP contribution in [0.1, 0.15) is 37.6 Å². The Bertz CT molecular complexity index is 605. The zero-order chi connectivity index (χ0) is 15.6. The lowest BCUT2D eigenvalue weighted by Gasteiger charge is -2.17. The van der Waals surface area contributed by atoms with Crippen LogP contribution in [0.2, 0.25) is 0 Å². The van der Waals surface area contributed by atoms with Crippen molar-refractivity contribution in [1.29, 1.82) is 0 Å². The van der Waals surface area contributed by atoms with Crippen molar-refractivity contribution in [3.8, 4) is 0 Å². The average Bonchev–Trinajstić information content (AvgIpc) is 2.26. The lowest BCUT2D eigenvalue weighted by Crippen LogP contribution is -2.13. The zero-order valence-corrected chi connectivity index (χ0v) is 13.0. The number of esters is 1. The topological polar surface area (TPSA) is 60.4 Å². The Hall–Kier alpha value is -1.14. The number of halogens is 2. The molecule has 7 heteroatoms. The molecule has 0 bridgehead atoms. The van der Waals surface area contributed by atoms with Gasteiger partial charge in [-0.25, -0.2) is 17.6 Å². The standard InChI is InChI=1S/C13H16ClFO4S/c1-13(2,3)6-7-19-12(16)9-4-5-10(15)11(8-9)20(14,17)18/h4-5,8H,6-7H2,1-3H3. The first-order valence-corrected chi connectivity index (χ1v) is 8.23. The molecular formula is C13H16ClFO4S. The maximum Gasteiger partial charge on any atom is 0.338 e. The van der Waals surface area contributed by atoms with Gasteiger partial charge in [0.05, 0.1) is 12.2 Å². The summed E-state index contributed by atoms with van der Waals surface area (Å²) in [6.07, 6.45) is 0.653. The van der Waals surface area contributed by atoms with E-state index in [-0.39, 0.29) is 17.6 Å². The minimum atomic E-state index is -4.24. The molecule has 1 rings (SSSR count). The van der Waals surface area contributed by atoms with Crippen molar-refractivity contribution in [2.75, 3.05) is 6.61 Å². The van der Waals surface area contributed by atoms with Gasteiger partial charge >= 0.3 is 5.97 Å². The summed E-state index contributed by atoms with van der Waals surface area (Å²) in [6.45, 7) is 6.19. The monoisotopic (exact) mass is 322 g/mol. The zero-order valence-electron chi connectivity index (χ0n) is 11.4. The van der Waals surface area contributed by atoms with Gasteiger partial charge in [0.2, 0.25) is 0 Å². The number of carbonyl (C=O) groups is 1. The fraction of sp³-hybridized carbons (Fsp3) is 0.462. The van der Waals surface area contributed by atoms with E-state index in [0.717, 1.165) is 18.2 Å². The number of ether oxygens (including phenoxy) is 1. The van der Waals surface area contributed by atoms with Crippen molar-refractivity contribution in [2.45, 2.75) is 32.1 Å². The van der Waals surface area contributed by atoms with Crippen LogP contribution < -0.4 is 0 Å². The largest absolute Gasteiger partial charge is 0.462 e. The van der Waals surface area contributed by atoms with E-state index in [1.165, 1.54) is 0 Å². The number of hydrogen-bond acceptors (Lipinski definition) is 4. The SMILES string of the molecule is CC(C)(C)CCOC(=O)c1ccc(F)c(S(=O)(=O)Cl)c1. The van der Waals surface area contributed by atoms with Crippen LogP contribution in [0.15, 0.2) is 23.1 Å². The molecule has 0 spiro atoms. The van der Waals surface area contributed by atoms with E-state index < -0.39 is 25.7 Å². The van der Waals surface area contributed by atoms with Crippen LogP contribution >= 0.6 is 10.7 Å². The highest BCUT2D eigenvalue weighted by Gasteiger charge is 2.20. The van der Waals surface area contributed by atoms with Crippen molar-refractivity contribution >= 4 is 25.7 Å². The van der Waals surface area contributed by atoms with Crippen LogP contribution in [0.25, 0.3) is 0 Å². The minimum absolute atomic E-state index is 0.00765. The molecular weight excluding hydrogens is 307 g/mol. The smallest absolute Gasteiger partial charge is 0.338 e. The van der Waals surface area contributed by atoms with E-state index in [1.807, 2.05) is 20.8 Å². The molecule has 0 aliphatic carbocycles. The van der Waals surface area contributed by atoms with Crippen molar-refractivity contribution in [1.82, 2.24) is 0 Å². The quantitative estimate of drug-likeness (QED) is 0.630. The van der Waals surface area contributed by atoms with Crippen LogP contribution in [0.3, 0.4) is 0 Å². The lowest BCUT2D eigenvalue weighted by atomic mass is 9.93. The van der Waals surface area contributed by atoms with Gasteiger partial charge in [0, 0.05) is 10.7 Å². The molecule has 0 aliphatic rings. The lowest BCUT2D eigenvalue weighted by molar-refractivity contribution is 0.0464. The highest BCUT2D eigenvalue weighted by Crippen LogP contribution is 2.22. The van der Waals surface area contributed by atoms with Gasteiger partial charge < -0.3 is 4.74 Å². The van der Waals surface area contributed by atoms with Crippen molar-refractivity contribution in [3.05, 3.63) is 29.6 Å². The van der Waals surface area contributed by atoms with E-state index in [1.54, 1.807) is 0 Å². The highest BCUT2D eigenvalue weighted by atomic mass is 35.7. The summed E-state index contributed by atoms with van der Waals surface area (Å²) in [5, 5.41) is 0. The first-order valence-electron chi connectivity index (χ1n) is 5.92. The molecule has 0 aliphatic heterocycles. The molecule has 0 unspecified atom stereocenters. The molecule has 0 atom stereocenters. The Balaban J connectivity index is 2.85. The second-order valence-corrected chi connectivity index (χ2v) is 8.06. The van der Waals surface area contributed by atoms with Crippen LogP contribution in [0.4, 0.5) is 4.39 Å². The average molecular weight is 323 g/mol. The molecule has 0 fully saturated rings. The first-order chi connectivity index (χ1) is 9.00. The maximum atomic E-state index is 13.3. The molecule has 0 radical (unpaired) electrons. The number of benzene rings is 1. The Labute approximate surface area is 122 Å². The van der Waals surface area contributed by atoms with E-state index in [4.69, 9.17) is 15.4 Å². The van der Waals surface area contributed by atoms with Gasteiger partial charge in [0.25, 0.3) is 9.05 Å². The molecule has 0 aromatic heterocycles. The van der Waals surface area contributed by atoms with Gasteiger partial charge in [0.1, 0.15) is 10.7 Å². The molecule has 112 valence electrons. The van der Waals surface area contributed by atoms with E-state index >= 15 is 0 Å². The maximum absolute atomic E-state index is 13.3. The molecule has 0 heterocycles. The van der Waals surface area contributed by atoms with Gasteiger partial charge in [-0.1, -0.05) is 20.8 Å². The summed E-state index contributed by atoms with van der Waals surface area (Å²) in [5.41, 5.74) is -0.0483. The molecule has 1 aromatic carbocycles. The van der Waals surface area contributed by atoms with Crippen LogP contribution in [0.5, 0.6) is 0 Å². The van der Waals surface area contributed by atoms with Crippen molar-refractivity contribution in [3.63, 3.8) is 0 Å². The number of hydrogen-bond donors (Lipinski definition) is 0. The number of carbonyl (C=O) groups excluding carboxylic acids is 1. The molecule has 0 N–H and O–H groups in total. The molecule has 0 saturated carbocycles. The second kappa shape index (κ2) is 6.10. The van der Waals surface area contributed by atoms with Crippen LogP contribution in [0, 0.1) is 11.2 Å². The van der Waals surface area contributed by atoms with Crippen LogP contribution in [-0.4, -0.2) is 21.0 Å². The Morgan fingerprint density at radius 1 is 1.35 bits per heavy atom. The Kier molecular flexibility index (Phi) is 5.15. The molecule has 0 amide bonds. The third kappa shape index (κ3) is 5.09. The molecule has 0 saturated heterocycles. The molecule has 1 aromatic rings. The molecule has 20 heavy (non-hydrogen) atoms. The van der Waals surface area contributed by atoms with E-state index in [0.29, 0.717) is 6.42 Å². The second-order valence-electron chi connectivity index (χ2n) is 5.53. The normalized spacial score (nSPS) is 12.2.